The van der Waals surface area contributed by atoms with E-state index >= 15 is 0 Å². The fourth-order valence-corrected chi connectivity index (χ4v) is 2.66. The average Bonchev–Trinajstić information content (AvgIpc) is 2.43. The lowest BCUT2D eigenvalue weighted by Crippen LogP contribution is -2.47. The Morgan fingerprint density at radius 3 is 2.74 bits per heavy atom. The monoisotopic (exact) mass is 283 g/mol. The molecule has 1 rings (SSSR count). The molecule has 1 atom stereocenters. The van der Waals surface area contributed by atoms with Crippen LogP contribution in [0.25, 0.3) is 0 Å². The van der Waals surface area contributed by atoms with Gasteiger partial charge in [0, 0.05) is 4.90 Å². The highest BCUT2D eigenvalue weighted by atomic mass is 32.2. The van der Waals surface area contributed by atoms with Gasteiger partial charge >= 0.3 is 5.97 Å². The van der Waals surface area contributed by atoms with Gasteiger partial charge in [-0.05, 0) is 44.7 Å². The van der Waals surface area contributed by atoms with E-state index in [4.69, 9.17) is 9.84 Å². The molecule has 0 fully saturated rings. The Hall–Kier alpha value is -1.20. The molecule has 0 aliphatic carbocycles. The van der Waals surface area contributed by atoms with E-state index in [1.54, 1.807) is 32.8 Å². The van der Waals surface area contributed by atoms with Crippen LogP contribution < -0.4 is 10.1 Å². The molecule has 0 aliphatic heterocycles. The molecule has 0 saturated heterocycles. The predicted octanol–water partition coefficient (Wildman–Crippen LogP) is 2.63. The van der Waals surface area contributed by atoms with Gasteiger partial charge in [-0.1, -0.05) is 12.1 Å². The average molecular weight is 283 g/mol. The summed E-state index contributed by atoms with van der Waals surface area (Å²) in [6.07, 6.45) is 1.42. The maximum atomic E-state index is 11.1. The van der Waals surface area contributed by atoms with E-state index in [1.807, 2.05) is 24.3 Å². The lowest BCUT2D eigenvalue weighted by atomic mass is 9.97. The summed E-state index contributed by atoms with van der Waals surface area (Å²) in [5, 5.41) is 12.0. The van der Waals surface area contributed by atoms with Crippen LogP contribution in [0.3, 0.4) is 0 Å². The Labute approximate surface area is 118 Å². The highest BCUT2D eigenvalue weighted by Gasteiger charge is 2.30. The number of hydrogen-bond acceptors (Lipinski definition) is 4. The van der Waals surface area contributed by atoms with Gasteiger partial charge in [-0.15, -0.1) is 11.8 Å². The number of ether oxygens (including phenoxy) is 1. The molecular weight excluding hydrogens is 262 g/mol. The number of carboxylic acid groups (broad SMARTS) is 1. The Morgan fingerprint density at radius 1 is 1.47 bits per heavy atom. The van der Waals surface area contributed by atoms with Gasteiger partial charge in [0.05, 0.1) is 7.11 Å². The van der Waals surface area contributed by atoms with E-state index in [9.17, 15) is 4.79 Å². The molecule has 0 radical (unpaired) electrons. The second kappa shape index (κ2) is 7.40. The fraction of sp³-hybridized carbons (Fsp3) is 0.500. The first-order valence-electron chi connectivity index (χ1n) is 6.21. The van der Waals surface area contributed by atoms with Crippen molar-refractivity contribution in [2.75, 3.05) is 19.9 Å². The molecule has 1 aromatic rings. The van der Waals surface area contributed by atoms with Crippen molar-refractivity contribution >= 4 is 17.7 Å². The normalized spacial score (nSPS) is 13.8. The fourth-order valence-electron chi connectivity index (χ4n) is 1.68. The summed E-state index contributed by atoms with van der Waals surface area (Å²) < 4.78 is 5.28. The largest absolute Gasteiger partial charge is 0.496 e. The zero-order valence-electron chi connectivity index (χ0n) is 11.6. The van der Waals surface area contributed by atoms with Crippen molar-refractivity contribution in [2.24, 2.45) is 0 Å². The number of aliphatic carboxylic acids is 1. The van der Waals surface area contributed by atoms with Gasteiger partial charge in [-0.3, -0.25) is 4.79 Å². The number of thioether (sulfide) groups is 1. The van der Waals surface area contributed by atoms with Crippen LogP contribution in [-0.4, -0.2) is 36.5 Å². The smallest absolute Gasteiger partial charge is 0.323 e. The van der Waals surface area contributed by atoms with Crippen LogP contribution >= 0.6 is 11.8 Å². The topological polar surface area (TPSA) is 58.6 Å². The molecule has 0 spiro atoms. The second-order valence-corrected chi connectivity index (χ2v) is 5.63. The highest BCUT2D eigenvalue weighted by molar-refractivity contribution is 7.99. The number of hydrogen-bond donors (Lipinski definition) is 2. The molecular formula is C14H21NO3S. The number of benzene rings is 1. The number of nitrogens with one attached hydrogen (secondary N) is 1. The lowest BCUT2D eigenvalue weighted by molar-refractivity contribution is -0.144. The summed E-state index contributed by atoms with van der Waals surface area (Å²) in [6, 6.07) is 7.85. The van der Waals surface area contributed by atoms with Crippen molar-refractivity contribution in [1.82, 2.24) is 5.32 Å². The molecule has 106 valence electrons. The van der Waals surface area contributed by atoms with Crippen LogP contribution in [0, 0.1) is 0 Å². The van der Waals surface area contributed by atoms with E-state index in [2.05, 4.69) is 5.32 Å². The number of likely N-dealkylation sites (N-methyl/N-ethyl adjacent to an activating group) is 1. The third-order valence-electron chi connectivity index (χ3n) is 3.17. The Morgan fingerprint density at radius 2 is 2.16 bits per heavy atom. The molecule has 0 aromatic heterocycles. The third-order valence-corrected chi connectivity index (χ3v) is 4.31. The minimum atomic E-state index is -0.846. The SMILES string of the molecule is CNC(C)(CCCSc1ccccc1OC)C(=O)O. The molecule has 0 amide bonds. The summed E-state index contributed by atoms with van der Waals surface area (Å²) in [7, 11) is 3.34. The number of methoxy groups -OCH3 is 1. The molecule has 0 bridgehead atoms. The molecule has 4 nitrogen and oxygen atoms in total. The van der Waals surface area contributed by atoms with E-state index < -0.39 is 11.5 Å². The minimum absolute atomic E-state index is 0.598. The first-order valence-corrected chi connectivity index (χ1v) is 7.20. The van der Waals surface area contributed by atoms with Gasteiger partial charge in [0.2, 0.25) is 0 Å². The van der Waals surface area contributed by atoms with Gasteiger partial charge < -0.3 is 15.2 Å². The molecule has 0 aliphatic rings. The number of rotatable bonds is 8. The maximum Gasteiger partial charge on any atom is 0.323 e. The highest BCUT2D eigenvalue weighted by Crippen LogP contribution is 2.29. The number of carbonyl (C=O) groups is 1. The van der Waals surface area contributed by atoms with Crippen molar-refractivity contribution in [3.05, 3.63) is 24.3 Å². The summed E-state index contributed by atoms with van der Waals surface area (Å²) >= 11 is 1.69. The zero-order chi connectivity index (χ0) is 14.3. The van der Waals surface area contributed by atoms with Gasteiger partial charge in [-0.2, -0.15) is 0 Å². The summed E-state index contributed by atoms with van der Waals surface area (Å²) in [4.78, 5) is 12.2. The van der Waals surface area contributed by atoms with E-state index in [1.165, 1.54) is 0 Å². The quantitative estimate of drug-likeness (QED) is 0.567. The van der Waals surface area contributed by atoms with Crippen LogP contribution in [0.1, 0.15) is 19.8 Å². The summed E-state index contributed by atoms with van der Waals surface area (Å²) in [6.45, 7) is 1.71. The molecule has 2 N–H and O–H groups in total. The van der Waals surface area contributed by atoms with E-state index in [0.29, 0.717) is 6.42 Å². The lowest BCUT2D eigenvalue weighted by Gasteiger charge is -2.23. The molecule has 0 heterocycles. The molecule has 19 heavy (non-hydrogen) atoms. The van der Waals surface area contributed by atoms with Gasteiger partial charge in [0.15, 0.2) is 0 Å². The Bertz CT molecular complexity index is 425. The predicted molar refractivity (Wildman–Crippen MR) is 78.1 cm³/mol. The van der Waals surface area contributed by atoms with Crippen molar-refractivity contribution in [1.29, 1.82) is 0 Å². The van der Waals surface area contributed by atoms with Crippen molar-refractivity contribution in [3.8, 4) is 5.75 Å². The standard InChI is InChI=1S/C14H21NO3S/c1-14(15-2,13(16)17)9-6-10-19-12-8-5-4-7-11(12)18-3/h4-5,7-8,15H,6,9-10H2,1-3H3,(H,16,17). The Kier molecular flexibility index (Phi) is 6.18. The number of carboxylic acids is 1. The molecule has 1 unspecified atom stereocenters. The molecule has 0 saturated carbocycles. The summed E-state index contributed by atoms with van der Waals surface area (Å²) in [5.74, 6) is 0.921. The van der Waals surface area contributed by atoms with Crippen LogP contribution in [0.2, 0.25) is 0 Å². The van der Waals surface area contributed by atoms with Crippen LogP contribution in [0.4, 0.5) is 0 Å². The zero-order valence-corrected chi connectivity index (χ0v) is 12.4. The third kappa shape index (κ3) is 4.44. The van der Waals surface area contributed by atoms with Crippen LogP contribution in [0.5, 0.6) is 5.75 Å². The first kappa shape index (κ1) is 15.9. The van der Waals surface area contributed by atoms with E-state index in [0.717, 1.165) is 22.8 Å². The van der Waals surface area contributed by atoms with Crippen molar-refractivity contribution in [3.63, 3.8) is 0 Å². The van der Waals surface area contributed by atoms with E-state index in [-0.39, 0.29) is 0 Å². The van der Waals surface area contributed by atoms with Crippen molar-refractivity contribution in [2.45, 2.75) is 30.2 Å². The van der Waals surface area contributed by atoms with Crippen LogP contribution in [0.15, 0.2) is 29.2 Å². The number of para-hydroxylation sites is 1. The first-order chi connectivity index (χ1) is 9.03. The minimum Gasteiger partial charge on any atom is -0.496 e. The van der Waals surface area contributed by atoms with Gasteiger partial charge in [-0.25, -0.2) is 0 Å². The van der Waals surface area contributed by atoms with Crippen LogP contribution in [-0.2, 0) is 4.79 Å². The summed E-state index contributed by atoms with van der Waals surface area (Å²) in [5.41, 5.74) is -0.846. The second-order valence-electron chi connectivity index (χ2n) is 4.49. The molecule has 5 heteroatoms. The van der Waals surface area contributed by atoms with Gasteiger partial charge in [0.1, 0.15) is 11.3 Å². The maximum absolute atomic E-state index is 11.1. The van der Waals surface area contributed by atoms with Gasteiger partial charge in [0.25, 0.3) is 0 Å². The van der Waals surface area contributed by atoms with Crippen molar-refractivity contribution < 1.29 is 14.6 Å². The Balaban J connectivity index is 2.45. The molecule has 1 aromatic carbocycles.